The maximum absolute atomic E-state index is 10.6. The molecular weight excluding hydrogens is 234 g/mol. The van der Waals surface area contributed by atoms with Crippen molar-refractivity contribution in [3.8, 4) is 0 Å². The lowest BCUT2D eigenvalue weighted by molar-refractivity contribution is 0.112. The number of hydrogen-bond donors (Lipinski definition) is 0. The Morgan fingerprint density at radius 1 is 1.47 bits per heavy atom. The van der Waals surface area contributed by atoms with Crippen LogP contribution in [0, 0.1) is 6.92 Å². The van der Waals surface area contributed by atoms with Crippen LogP contribution in [0.5, 0.6) is 0 Å². The van der Waals surface area contributed by atoms with Gasteiger partial charge in [0.1, 0.15) is 5.82 Å². The fourth-order valence-electron chi connectivity index (χ4n) is 1.69. The third-order valence-electron chi connectivity index (χ3n) is 2.45. The summed E-state index contributed by atoms with van der Waals surface area (Å²) in [6.07, 6.45) is 2.40. The van der Waals surface area contributed by atoms with Gasteiger partial charge in [0.25, 0.3) is 0 Å². The highest BCUT2D eigenvalue weighted by molar-refractivity contribution is 7.07. The molecule has 17 heavy (non-hydrogen) atoms. The Morgan fingerprint density at radius 2 is 2.29 bits per heavy atom. The quantitative estimate of drug-likeness (QED) is 0.778. The first-order valence-electron chi connectivity index (χ1n) is 5.20. The first-order valence-corrected chi connectivity index (χ1v) is 6.15. The number of anilines is 1. The molecule has 0 aliphatic rings. The van der Waals surface area contributed by atoms with Crippen LogP contribution in [-0.4, -0.2) is 23.3 Å². The van der Waals surface area contributed by atoms with Crippen molar-refractivity contribution in [3.63, 3.8) is 0 Å². The largest absolute Gasteiger partial charge is 0.354 e. The van der Waals surface area contributed by atoms with Gasteiger partial charge in [-0.25, -0.2) is 9.97 Å². The zero-order valence-electron chi connectivity index (χ0n) is 9.75. The molecule has 0 atom stereocenters. The predicted molar refractivity (Wildman–Crippen MR) is 68.6 cm³/mol. The average Bonchev–Trinajstić information content (AvgIpc) is 2.81. The molecule has 88 valence electrons. The molecule has 4 nitrogen and oxygen atoms in total. The predicted octanol–water partition coefficient (Wildman–Crippen LogP) is 2.30. The van der Waals surface area contributed by atoms with Crippen LogP contribution in [0.4, 0.5) is 5.82 Å². The second-order valence-corrected chi connectivity index (χ2v) is 4.58. The Labute approximate surface area is 104 Å². The number of nitrogens with zero attached hydrogens (tertiary/aromatic N) is 3. The number of rotatable bonds is 4. The molecule has 0 aliphatic carbocycles. The van der Waals surface area contributed by atoms with E-state index in [1.165, 1.54) is 0 Å². The van der Waals surface area contributed by atoms with Crippen molar-refractivity contribution in [2.75, 3.05) is 11.9 Å². The Hall–Kier alpha value is -1.75. The molecule has 0 radical (unpaired) electrons. The maximum Gasteiger partial charge on any atom is 0.151 e. The van der Waals surface area contributed by atoms with Crippen LogP contribution >= 0.6 is 11.3 Å². The van der Waals surface area contributed by atoms with Crippen LogP contribution < -0.4 is 4.90 Å². The highest BCUT2D eigenvalue weighted by Gasteiger charge is 2.08. The van der Waals surface area contributed by atoms with Crippen LogP contribution in [0.15, 0.2) is 23.2 Å². The van der Waals surface area contributed by atoms with E-state index in [-0.39, 0.29) is 0 Å². The summed E-state index contributed by atoms with van der Waals surface area (Å²) in [7, 11) is 1.97. The minimum atomic E-state index is 0.605. The fraction of sp³-hybridized carbons (Fsp3) is 0.250. The molecule has 0 amide bonds. The molecule has 0 aromatic carbocycles. The normalized spacial score (nSPS) is 10.2. The molecule has 0 saturated heterocycles. The summed E-state index contributed by atoms with van der Waals surface area (Å²) in [6.45, 7) is 2.67. The highest BCUT2D eigenvalue weighted by atomic mass is 32.1. The van der Waals surface area contributed by atoms with Gasteiger partial charge < -0.3 is 4.90 Å². The summed E-state index contributed by atoms with van der Waals surface area (Å²) in [4.78, 5) is 21.2. The van der Waals surface area contributed by atoms with Crippen LogP contribution in [0.3, 0.4) is 0 Å². The van der Waals surface area contributed by atoms with Crippen molar-refractivity contribution in [2.24, 2.45) is 0 Å². The standard InChI is InChI=1S/C12H13N3OS/c1-9-3-10(6-16)4-13-12(9)15(2)5-11-7-17-8-14-11/h3-4,6-8H,5H2,1-2H3. The smallest absolute Gasteiger partial charge is 0.151 e. The monoisotopic (exact) mass is 247 g/mol. The number of aldehydes is 1. The Morgan fingerprint density at radius 3 is 2.88 bits per heavy atom. The molecule has 2 rings (SSSR count). The SMILES string of the molecule is Cc1cc(C=O)cnc1N(C)Cc1cscn1. The summed E-state index contributed by atoms with van der Waals surface area (Å²) in [5.41, 5.74) is 4.44. The van der Waals surface area contributed by atoms with Crippen LogP contribution in [0.2, 0.25) is 0 Å². The molecule has 0 N–H and O–H groups in total. The van der Waals surface area contributed by atoms with Gasteiger partial charge in [-0.15, -0.1) is 11.3 Å². The van der Waals surface area contributed by atoms with Gasteiger partial charge in [-0.05, 0) is 18.6 Å². The van der Waals surface area contributed by atoms with Gasteiger partial charge in [0, 0.05) is 24.2 Å². The van der Waals surface area contributed by atoms with Gasteiger partial charge in [0.05, 0.1) is 17.7 Å². The van der Waals surface area contributed by atoms with E-state index in [9.17, 15) is 4.79 Å². The zero-order chi connectivity index (χ0) is 12.3. The van der Waals surface area contributed by atoms with E-state index < -0.39 is 0 Å². The van der Waals surface area contributed by atoms with Crippen LogP contribution in [-0.2, 0) is 6.54 Å². The summed E-state index contributed by atoms with van der Waals surface area (Å²) in [5.74, 6) is 0.878. The molecule has 0 unspecified atom stereocenters. The third kappa shape index (κ3) is 2.68. The van der Waals surface area contributed by atoms with E-state index in [2.05, 4.69) is 9.97 Å². The number of thiazole rings is 1. The molecule has 2 aromatic heterocycles. The number of hydrogen-bond acceptors (Lipinski definition) is 5. The van der Waals surface area contributed by atoms with E-state index in [0.29, 0.717) is 5.56 Å². The summed E-state index contributed by atoms with van der Waals surface area (Å²) in [5, 5.41) is 2.02. The van der Waals surface area contributed by atoms with Crippen molar-refractivity contribution < 1.29 is 4.79 Å². The first kappa shape index (κ1) is 11.7. The molecule has 5 heteroatoms. The minimum Gasteiger partial charge on any atom is -0.354 e. The molecule has 2 aromatic rings. The van der Waals surface area contributed by atoms with Crippen molar-refractivity contribution in [1.29, 1.82) is 0 Å². The van der Waals surface area contributed by atoms with E-state index >= 15 is 0 Å². The van der Waals surface area contributed by atoms with Gasteiger partial charge in [0.15, 0.2) is 6.29 Å². The highest BCUT2D eigenvalue weighted by Crippen LogP contribution is 2.18. The number of aryl methyl sites for hydroxylation is 1. The van der Waals surface area contributed by atoms with Crippen molar-refractivity contribution in [1.82, 2.24) is 9.97 Å². The molecule has 2 heterocycles. The van der Waals surface area contributed by atoms with Gasteiger partial charge in [-0.1, -0.05) is 0 Å². The van der Waals surface area contributed by atoms with Crippen molar-refractivity contribution in [2.45, 2.75) is 13.5 Å². The van der Waals surface area contributed by atoms with E-state index in [0.717, 1.165) is 29.9 Å². The molecule has 0 saturated carbocycles. The van der Waals surface area contributed by atoms with Crippen LogP contribution in [0.1, 0.15) is 21.6 Å². The van der Waals surface area contributed by atoms with Crippen molar-refractivity contribution >= 4 is 23.4 Å². The van der Waals surface area contributed by atoms with Crippen LogP contribution in [0.25, 0.3) is 0 Å². The van der Waals surface area contributed by atoms with Gasteiger partial charge in [0.2, 0.25) is 0 Å². The topological polar surface area (TPSA) is 46.1 Å². The van der Waals surface area contributed by atoms with Gasteiger partial charge in [-0.3, -0.25) is 4.79 Å². The lowest BCUT2D eigenvalue weighted by Crippen LogP contribution is -2.19. The minimum absolute atomic E-state index is 0.605. The number of aromatic nitrogens is 2. The number of carbonyl (C=O) groups excluding carboxylic acids is 1. The summed E-state index contributed by atoms with van der Waals surface area (Å²) < 4.78 is 0. The van der Waals surface area contributed by atoms with Gasteiger partial charge in [-0.2, -0.15) is 0 Å². The zero-order valence-corrected chi connectivity index (χ0v) is 10.6. The van der Waals surface area contributed by atoms with E-state index in [1.54, 1.807) is 17.5 Å². The maximum atomic E-state index is 10.6. The molecule has 0 fully saturated rings. The average molecular weight is 247 g/mol. The van der Waals surface area contributed by atoms with E-state index in [4.69, 9.17) is 0 Å². The lowest BCUT2D eigenvalue weighted by atomic mass is 10.2. The molecule has 0 bridgehead atoms. The Bertz CT molecular complexity index is 510. The lowest BCUT2D eigenvalue weighted by Gasteiger charge is -2.19. The Kier molecular flexibility index (Phi) is 3.49. The summed E-state index contributed by atoms with van der Waals surface area (Å²) >= 11 is 1.58. The first-order chi connectivity index (χ1) is 8.20. The molecule has 0 aliphatic heterocycles. The number of pyridine rings is 1. The van der Waals surface area contributed by atoms with Gasteiger partial charge >= 0.3 is 0 Å². The summed E-state index contributed by atoms with van der Waals surface area (Å²) in [6, 6.07) is 1.84. The Balaban J connectivity index is 2.19. The van der Waals surface area contributed by atoms with Crippen molar-refractivity contribution in [3.05, 3.63) is 40.0 Å². The van der Waals surface area contributed by atoms with E-state index in [1.807, 2.05) is 35.8 Å². The molecule has 0 spiro atoms. The number of carbonyl (C=O) groups is 1. The second kappa shape index (κ2) is 5.05. The molecular formula is C12H13N3OS. The third-order valence-corrected chi connectivity index (χ3v) is 3.09. The fourth-order valence-corrected chi connectivity index (χ4v) is 2.24. The second-order valence-electron chi connectivity index (χ2n) is 3.86.